The molecule has 160 valence electrons. The monoisotopic (exact) mass is 424 g/mol. The first-order valence-electron chi connectivity index (χ1n) is 10.6. The molecule has 6 nitrogen and oxygen atoms in total. The number of carbonyl (C=O) groups is 1. The van der Waals surface area contributed by atoms with Gasteiger partial charge >= 0.3 is 0 Å². The van der Waals surface area contributed by atoms with Crippen LogP contribution in [0.15, 0.2) is 29.2 Å². The lowest BCUT2D eigenvalue weighted by atomic mass is 9.71. The van der Waals surface area contributed by atoms with Gasteiger partial charge in [0.15, 0.2) is 0 Å². The minimum atomic E-state index is -3.67. The molecule has 29 heavy (non-hydrogen) atoms. The Morgan fingerprint density at radius 2 is 1.72 bits per heavy atom. The number of carbonyl (C=O) groups excluding carboxylic acids is 1. The van der Waals surface area contributed by atoms with Crippen LogP contribution in [0.1, 0.15) is 44.9 Å². The van der Waals surface area contributed by atoms with Crippen molar-refractivity contribution < 1.29 is 22.7 Å². The minimum Gasteiger partial charge on any atom is -0.389 e. The summed E-state index contributed by atoms with van der Waals surface area (Å²) >= 11 is 0. The summed E-state index contributed by atoms with van der Waals surface area (Å²) in [6.45, 7) is 1.78. The molecule has 8 heteroatoms. The lowest BCUT2D eigenvalue weighted by molar-refractivity contribution is -0.148. The topological polar surface area (TPSA) is 77.9 Å². The SMILES string of the molecule is O=C(C1CCN(S(=O)(=O)c2ccc(F)cc2)CC1)N1CC[C@]2(O)CCCC[C@H]2C1. The summed E-state index contributed by atoms with van der Waals surface area (Å²) in [6.07, 6.45) is 5.58. The molecule has 0 radical (unpaired) electrons. The number of rotatable bonds is 3. The summed E-state index contributed by atoms with van der Waals surface area (Å²) in [7, 11) is -3.67. The van der Waals surface area contributed by atoms with Crippen LogP contribution < -0.4 is 0 Å². The lowest BCUT2D eigenvalue weighted by Crippen LogP contribution is -2.56. The summed E-state index contributed by atoms with van der Waals surface area (Å²) in [4.78, 5) is 15.0. The standard InChI is InChI=1S/C21H29FN2O4S/c22-18-4-6-19(7-5-18)29(27,28)24-12-8-16(9-13-24)20(25)23-14-11-21(26)10-2-1-3-17(21)15-23/h4-7,16-17,26H,1-3,8-15H2/t17-,21+/m0/s1. The number of sulfonamides is 1. The number of likely N-dealkylation sites (tertiary alicyclic amines) is 1. The van der Waals surface area contributed by atoms with Gasteiger partial charge in [0.1, 0.15) is 5.82 Å². The van der Waals surface area contributed by atoms with Gasteiger partial charge in [-0.05, 0) is 56.4 Å². The van der Waals surface area contributed by atoms with E-state index in [2.05, 4.69) is 0 Å². The molecule has 1 amide bonds. The van der Waals surface area contributed by atoms with E-state index in [1.165, 1.54) is 16.4 Å². The maximum Gasteiger partial charge on any atom is 0.243 e. The molecule has 1 aromatic carbocycles. The number of hydrogen-bond acceptors (Lipinski definition) is 4. The van der Waals surface area contributed by atoms with E-state index in [-0.39, 0.29) is 35.7 Å². The van der Waals surface area contributed by atoms with E-state index in [0.717, 1.165) is 37.8 Å². The highest BCUT2D eigenvalue weighted by molar-refractivity contribution is 7.89. The van der Waals surface area contributed by atoms with E-state index in [9.17, 15) is 22.7 Å². The predicted octanol–water partition coefficient (Wildman–Crippen LogP) is 2.38. The van der Waals surface area contributed by atoms with E-state index in [4.69, 9.17) is 0 Å². The van der Waals surface area contributed by atoms with Crippen molar-refractivity contribution in [1.29, 1.82) is 0 Å². The largest absolute Gasteiger partial charge is 0.389 e. The van der Waals surface area contributed by atoms with Gasteiger partial charge in [0, 0.05) is 38.0 Å². The molecule has 2 saturated heterocycles. The summed E-state index contributed by atoms with van der Waals surface area (Å²) in [5, 5.41) is 10.8. The molecule has 0 spiro atoms. The molecule has 0 unspecified atom stereocenters. The van der Waals surface area contributed by atoms with Crippen molar-refractivity contribution in [2.24, 2.45) is 11.8 Å². The van der Waals surface area contributed by atoms with Gasteiger partial charge in [-0.15, -0.1) is 0 Å². The molecule has 1 saturated carbocycles. The van der Waals surface area contributed by atoms with Gasteiger partial charge in [0.05, 0.1) is 10.5 Å². The maximum absolute atomic E-state index is 13.1. The van der Waals surface area contributed by atoms with Crippen molar-refractivity contribution >= 4 is 15.9 Å². The first-order valence-corrected chi connectivity index (χ1v) is 12.0. The zero-order valence-corrected chi connectivity index (χ0v) is 17.4. The van der Waals surface area contributed by atoms with Gasteiger partial charge in [-0.2, -0.15) is 4.31 Å². The zero-order valence-electron chi connectivity index (χ0n) is 16.6. The highest BCUT2D eigenvalue weighted by Crippen LogP contribution is 2.40. The van der Waals surface area contributed by atoms with Gasteiger partial charge < -0.3 is 10.0 Å². The van der Waals surface area contributed by atoms with E-state index >= 15 is 0 Å². The van der Waals surface area contributed by atoms with Crippen LogP contribution in [0.3, 0.4) is 0 Å². The number of benzene rings is 1. The van der Waals surface area contributed by atoms with Crippen LogP contribution >= 0.6 is 0 Å². The number of hydrogen-bond donors (Lipinski definition) is 1. The summed E-state index contributed by atoms with van der Waals surface area (Å²) in [5.41, 5.74) is -0.609. The predicted molar refractivity (Wildman–Crippen MR) is 106 cm³/mol. The van der Waals surface area contributed by atoms with Gasteiger partial charge in [-0.25, -0.2) is 12.8 Å². The lowest BCUT2D eigenvalue weighted by Gasteiger charge is -2.48. The molecule has 0 aromatic heterocycles. The molecule has 3 fully saturated rings. The fourth-order valence-corrected chi connectivity index (χ4v) is 6.60. The summed E-state index contributed by atoms with van der Waals surface area (Å²) in [5.74, 6) is -0.395. The Kier molecular flexibility index (Phi) is 5.70. The third-order valence-electron chi connectivity index (χ3n) is 6.99. The number of halogens is 1. The van der Waals surface area contributed by atoms with Crippen LogP contribution in [-0.4, -0.2) is 60.4 Å². The van der Waals surface area contributed by atoms with Gasteiger partial charge in [0.2, 0.25) is 15.9 Å². The molecule has 1 N–H and O–H groups in total. The fraction of sp³-hybridized carbons (Fsp3) is 0.667. The van der Waals surface area contributed by atoms with Crippen LogP contribution in [-0.2, 0) is 14.8 Å². The summed E-state index contributed by atoms with van der Waals surface area (Å²) < 4.78 is 40.0. The molecule has 3 aliphatic rings. The highest BCUT2D eigenvalue weighted by atomic mass is 32.2. The van der Waals surface area contributed by atoms with E-state index in [1.807, 2.05) is 4.90 Å². The van der Waals surface area contributed by atoms with Crippen LogP contribution in [0.2, 0.25) is 0 Å². The van der Waals surface area contributed by atoms with Crippen LogP contribution in [0.4, 0.5) is 4.39 Å². The van der Waals surface area contributed by atoms with Crippen molar-refractivity contribution in [2.75, 3.05) is 26.2 Å². The summed E-state index contributed by atoms with van der Waals surface area (Å²) in [6, 6.07) is 4.85. The number of fused-ring (bicyclic) bond motifs is 1. The van der Waals surface area contributed by atoms with E-state index in [0.29, 0.717) is 32.4 Å². The number of aliphatic hydroxyl groups is 1. The Morgan fingerprint density at radius 1 is 1.03 bits per heavy atom. The number of nitrogens with zero attached hydrogens (tertiary/aromatic N) is 2. The molecule has 1 aromatic rings. The average Bonchev–Trinajstić information content (AvgIpc) is 2.73. The third-order valence-corrected chi connectivity index (χ3v) is 8.91. The Morgan fingerprint density at radius 3 is 2.41 bits per heavy atom. The van der Waals surface area contributed by atoms with Crippen LogP contribution in [0.5, 0.6) is 0 Å². The Hall–Kier alpha value is -1.51. The first-order chi connectivity index (χ1) is 13.8. The normalized spacial score (nSPS) is 29.4. The van der Waals surface area contributed by atoms with E-state index < -0.39 is 21.4 Å². The second kappa shape index (κ2) is 7.96. The highest BCUT2D eigenvalue weighted by Gasteiger charge is 2.45. The van der Waals surface area contributed by atoms with Gasteiger partial charge in [-0.3, -0.25) is 4.79 Å². The Balaban J connectivity index is 1.36. The Bertz CT molecular complexity index is 852. The fourth-order valence-electron chi connectivity index (χ4n) is 5.13. The number of amides is 1. The van der Waals surface area contributed by atoms with Crippen LogP contribution in [0.25, 0.3) is 0 Å². The second-order valence-corrected chi connectivity index (χ2v) is 10.7. The molecule has 2 atom stereocenters. The first kappa shape index (κ1) is 20.8. The zero-order chi connectivity index (χ0) is 20.6. The molecule has 1 aliphatic carbocycles. The second-order valence-electron chi connectivity index (χ2n) is 8.71. The Labute approximate surface area is 171 Å². The molecule has 2 aliphatic heterocycles. The van der Waals surface area contributed by atoms with E-state index in [1.54, 1.807) is 0 Å². The van der Waals surface area contributed by atoms with Gasteiger partial charge in [0.25, 0.3) is 0 Å². The van der Waals surface area contributed by atoms with Crippen LogP contribution in [0, 0.1) is 17.7 Å². The van der Waals surface area contributed by atoms with Crippen molar-refractivity contribution in [3.05, 3.63) is 30.1 Å². The smallest absolute Gasteiger partial charge is 0.243 e. The molecular weight excluding hydrogens is 395 g/mol. The molecular formula is C21H29FN2O4S. The quantitative estimate of drug-likeness (QED) is 0.808. The van der Waals surface area contributed by atoms with Crippen molar-refractivity contribution in [3.8, 4) is 0 Å². The maximum atomic E-state index is 13.1. The van der Waals surface area contributed by atoms with Crippen molar-refractivity contribution in [2.45, 2.75) is 55.4 Å². The van der Waals surface area contributed by atoms with Crippen molar-refractivity contribution in [3.63, 3.8) is 0 Å². The third kappa shape index (κ3) is 4.07. The average molecular weight is 425 g/mol. The van der Waals surface area contributed by atoms with Crippen molar-refractivity contribution in [1.82, 2.24) is 9.21 Å². The minimum absolute atomic E-state index is 0.0799. The molecule has 0 bridgehead atoms. The van der Waals surface area contributed by atoms with Gasteiger partial charge in [-0.1, -0.05) is 12.8 Å². The number of piperidine rings is 2. The molecule has 2 heterocycles. The molecule has 4 rings (SSSR count).